The van der Waals surface area contributed by atoms with Crippen molar-refractivity contribution in [2.24, 2.45) is 7.05 Å². The first kappa shape index (κ1) is 13.8. The molecule has 0 aliphatic carbocycles. The van der Waals surface area contributed by atoms with Crippen molar-refractivity contribution in [1.82, 2.24) is 24.4 Å². The van der Waals surface area contributed by atoms with Gasteiger partial charge in [-0.05, 0) is 38.1 Å². The van der Waals surface area contributed by atoms with E-state index in [1.807, 2.05) is 0 Å². The molecule has 0 unspecified atom stereocenters. The Morgan fingerprint density at radius 2 is 2.10 bits per heavy atom. The van der Waals surface area contributed by atoms with Gasteiger partial charge in [-0.1, -0.05) is 11.8 Å². The van der Waals surface area contributed by atoms with Crippen LogP contribution < -0.4 is 5.56 Å². The highest BCUT2D eigenvalue weighted by Gasteiger charge is 2.12. The van der Waals surface area contributed by atoms with Crippen molar-refractivity contribution in [2.45, 2.75) is 18.0 Å². The molecule has 20 heavy (non-hydrogen) atoms. The molecule has 0 aromatic carbocycles. The number of aromatic nitrogens is 4. The highest BCUT2D eigenvalue weighted by molar-refractivity contribution is 7.99. The van der Waals surface area contributed by atoms with E-state index in [1.165, 1.54) is 30.5 Å². The maximum atomic E-state index is 12.0. The van der Waals surface area contributed by atoms with Crippen molar-refractivity contribution < 1.29 is 0 Å². The third kappa shape index (κ3) is 2.68. The summed E-state index contributed by atoms with van der Waals surface area (Å²) in [5, 5.41) is 0.771. The van der Waals surface area contributed by atoms with Gasteiger partial charge in [0.15, 0.2) is 15.6 Å². The molecule has 0 bridgehead atoms. The van der Waals surface area contributed by atoms with Gasteiger partial charge in [-0.3, -0.25) is 9.36 Å². The van der Waals surface area contributed by atoms with Gasteiger partial charge in [-0.25, -0.2) is 4.98 Å². The topological polar surface area (TPSA) is 69.7 Å². The maximum absolute atomic E-state index is 12.0. The molecule has 1 aliphatic rings. The van der Waals surface area contributed by atoms with E-state index < -0.39 is 0 Å². The van der Waals surface area contributed by atoms with Gasteiger partial charge in [-0.2, -0.15) is 0 Å². The van der Waals surface area contributed by atoms with Gasteiger partial charge < -0.3 is 14.9 Å². The Labute approximate surface area is 125 Å². The van der Waals surface area contributed by atoms with Gasteiger partial charge in [0, 0.05) is 19.3 Å². The van der Waals surface area contributed by atoms with Gasteiger partial charge in [-0.15, -0.1) is 0 Å². The Balaban J connectivity index is 1.74. The molecule has 1 aliphatic heterocycles. The number of nitrogens with zero attached hydrogens (tertiary/aromatic N) is 3. The molecular weight excluding hydrogens is 294 g/mol. The van der Waals surface area contributed by atoms with Gasteiger partial charge in [0.05, 0.1) is 0 Å². The van der Waals surface area contributed by atoms with E-state index in [4.69, 9.17) is 12.2 Å². The van der Waals surface area contributed by atoms with Crippen molar-refractivity contribution in [3.63, 3.8) is 0 Å². The fraction of sp³-hybridized carbons (Fsp3) is 0.583. The van der Waals surface area contributed by atoms with Gasteiger partial charge in [0.25, 0.3) is 5.56 Å². The van der Waals surface area contributed by atoms with Crippen LogP contribution in [0.3, 0.4) is 0 Å². The Hall–Kier alpha value is -1.12. The van der Waals surface area contributed by atoms with E-state index in [2.05, 4.69) is 19.9 Å². The highest BCUT2D eigenvalue weighted by atomic mass is 32.2. The summed E-state index contributed by atoms with van der Waals surface area (Å²) < 4.78 is 1.80. The standard InChI is InChI=1S/C12H17N5OS2/c1-16-10(18)8-9(15-12(16)19)14-11(13-8)20-7-6-17-4-2-3-5-17/h2-7H2,1H3,(H,13,14)(H,15,19). The molecule has 3 heterocycles. The lowest BCUT2D eigenvalue weighted by Crippen LogP contribution is -2.21. The summed E-state index contributed by atoms with van der Waals surface area (Å²) in [5.41, 5.74) is 0.897. The van der Waals surface area contributed by atoms with Gasteiger partial charge in [0.1, 0.15) is 5.52 Å². The largest absolute Gasteiger partial charge is 0.327 e. The highest BCUT2D eigenvalue weighted by Crippen LogP contribution is 2.17. The van der Waals surface area contributed by atoms with Crippen molar-refractivity contribution in [2.75, 3.05) is 25.4 Å². The van der Waals surface area contributed by atoms with E-state index in [1.54, 1.807) is 18.8 Å². The molecule has 8 heteroatoms. The molecule has 2 aromatic rings. The second-order valence-electron chi connectivity index (χ2n) is 4.96. The lowest BCUT2D eigenvalue weighted by Gasteiger charge is -2.12. The third-order valence-corrected chi connectivity index (χ3v) is 4.80. The minimum atomic E-state index is -0.136. The van der Waals surface area contributed by atoms with Crippen LogP contribution in [0.1, 0.15) is 12.8 Å². The van der Waals surface area contributed by atoms with Gasteiger partial charge >= 0.3 is 0 Å². The average molecular weight is 311 g/mol. The normalized spacial score (nSPS) is 16.2. The van der Waals surface area contributed by atoms with E-state index in [9.17, 15) is 4.79 Å². The number of likely N-dealkylation sites (tertiary alicyclic amines) is 1. The molecule has 108 valence electrons. The van der Waals surface area contributed by atoms with E-state index in [-0.39, 0.29) is 5.56 Å². The van der Waals surface area contributed by atoms with Crippen LogP contribution in [-0.2, 0) is 7.05 Å². The summed E-state index contributed by atoms with van der Waals surface area (Å²) in [6, 6.07) is 0. The summed E-state index contributed by atoms with van der Waals surface area (Å²) >= 11 is 6.72. The SMILES string of the molecule is Cn1c(=S)[nH]c2nc(SCCN3CCCC3)[nH]c2c1=O. The molecule has 0 atom stereocenters. The minimum Gasteiger partial charge on any atom is -0.327 e. The first-order valence-corrected chi connectivity index (χ1v) is 8.09. The molecule has 2 N–H and O–H groups in total. The maximum Gasteiger partial charge on any atom is 0.280 e. The fourth-order valence-electron chi connectivity index (χ4n) is 2.39. The summed E-state index contributed by atoms with van der Waals surface area (Å²) in [5.74, 6) is 0.973. The van der Waals surface area contributed by atoms with Crippen molar-refractivity contribution in [1.29, 1.82) is 0 Å². The molecule has 3 rings (SSSR count). The molecular formula is C12H17N5OS2. The average Bonchev–Trinajstić information content (AvgIpc) is 3.06. The summed E-state index contributed by atoms with van der Waals surface area (Å²) in [6.45, 7) is 3.47. The first-order valence-electron chi connectivity index (χ1n) is 6.69. The Bertz CT molecular complexity index is 726. The van der Waals surface area contributed by atoms with Crippen molar-refractivity contribution in [3.05, 3.63) is 15.1 Å². The predicted molar refractivity (Wildman–Crippen MR) is 82.9 cm³/mol. The summed E-state index contributed by atoms with van der Waals surface area (Å²) in [6.07, 6.45) is 2.61. The summed E-state index contributed by atoms with van der Waals surface area (Å²) in [7, 11) is 1.65. The lowest BCUT2D eigenvalue weighted by atomic mass is 10.4. The number of thioether (sulfide) groups is 1. The quantitative estimate of drug-likeness (QED) is 0.661. The molecule has 2 aromatic heterocycles. The summed E-state index contributed by atoms with van der Waals surface area (Å²) in [4.78, 5) is 24.9. The van der Waals surface area contributed by atoms with E-state index in [0.29, 0.717) is 15.9 Å². The number of fused-ring (bicyclic) bond motifs is 1. The van der Waals surface area contributed by atoms with Crippen molar-refractivity contribution in [3.8, 4) is 0 Å². The van der Waals surface area contributed by atoms with Gasteiger partial charge in [0.2, 0.25) is 0 Å². The Morgan fingerprint density at radius 3 is 2.85 bits per heavy atom. The molecule has 0 spiro atoms. The zero-order valence-electron chi connectivity index (χ0n) is 11.3. The number of hydrogen-bond acceptors (Lipinski definition) is 5. The number of hydrogen-bond donors (Lipinski definition) is 2. The molecule has 1 saturated heterocycles. The van der Waals surface area contributed by atoms with Crippen LogP contribution >= 0.6 is 24.0 Å². The lowest BCUT2D eigenvalue weighted by molar-refractivity contribution is 0.362. The second kappa shape index (κ2) is 5.71. The number of nitrogens with one attached hydrogen (secondary N) is 2. The number of imidazole rings is 1. The predicted octanol–water partition coefficient (Wildman–Crippen LogP) is 1.51. The molecule has 0 saturated carbocycles. The molecule has 1 fully saturated rings. The molecule has 0 radical (unpaired) electrons. The number of aromatic amines is 2. The fourth-order valence-corrected chi connectivity index (χ4v) is 3.44. The van der Waals surface area contributed by atoms with E-state index >= 15 is 0 Å². The van der Waals surface area contributed by atoms with Crippen LogP contribution in [0, 0.1) is 4.77 Å². The number of rotatable bonds is 4. The van der Waals surface area contributed by atoms with Crippen LogP contribution in [0.5, 0.6) is 0 Å². The smallest absolute Gasteiger partial charge is 0.280 e. The monoisotopic (exact) mass is 311 g/mol. The van der Waals surface area contributed by atoms with Crippen LogP contribution in [-0.4, -0.2) is 49.8 Å². The number of H-pyrrole nitrogens is 2. The Kier molecular flexibility index (Phi) is 3.95. The van der Waals surface area contributed by atoms with Crippen LogP contribution in [0.25, 0.3) is 11.2 Å². The van der Waals surface area contributed by atoms with Crippen molar-refractivity contribution >= 4 is 35.1 Å². The van der Waals surface area contributed by atoms with Crippen LogP contribution in [0.4, 0.5) is 0 Å². The Morgan fingerprint density at radius 1 is 1.35 bits per heavy atom. The zero-order chi connectivity index (χ0) is 14.1. The van der Waals surface area contributed by atoms with Crippen LogP contribution in [0.15, 0.2) is 9.95 Å². The van der Waals surface area contributed by atoms with E-state index in [0.717, 1.165) is 17.5 Å². The first-order chi connectivity index (χ1) is 9.65. The zero-order valence-corrected chi connectivity index (χ0v) is 12.9. The minimum absolute atomic E-state index is 0.136. The van der Waals surface area contributed by atoms with Crippen LogP contribution in [0.2, 0.25) is 0 Å². The molecule has 0 amide bonds. The molecule has 6 nitrogen and oxygen atoms in total. The third-order valence-electron chi connectivity index (χ3n) is 3.58. The second-order valence-corrected chi connectivity index (χ2v) is 6.43.